The lowest BCUT2D eigenvalue weighted by Gasteiger charge is -2.13. The fraction of sp³-hybridized carbons (Fsp3) is 0.368. The van der Waals surface area contributed by atoms with E-state index in [9.17, 15) is 9.59 Å². The van der Waals surface area contributed by atoms with Gasteiger partial charge in [0.05, 0.1) is 12.0 Å². The van der Waals surface area contributed by atoms with E-state index in [1.54, 1.807) is 18.2 Å². The largest absolute Gasteiger partial charge is 0.493 e. The first-order chi connectivity index (χ1) is 12.5. The molecule has 0 bridgehead atoms. The number of carbonyl (C=O) groups is 2. The number of thiophene rings is 1. The minimum absolute atomic E-state index is 0.0897. The van der Waals surface area contributed by atoms with Crippen molar-refractivity contribution >= 4 is 28.8 Å². The number of hydrogen-bond donors (Lipinski definition) is 2. The Kier molecular flexibility index (Phi) is 5.46. The zero-order valence-electron chi connectivity index (χ0n) is 15.0. The number of carbonyl (C=O) groups excluding carboxylic acids is 2. The molecule has 0 aliphatic heterocycles. The molecule has 0 unspecified atom stereocenters. The third kappa shape index (κ3) is 4.54. The van der Waals surface area contributed by atoms with E-state index in [4.69, 9.17) is 9.47 Å². The van der Waals surface area contributed by atoms with Gasteiger partial charge in [-0.25, -0.2) is 0 Å². The van der Waals surface area contributed by atoms with Gasteiger partial charge in [0.15, 0.2) is 18.1 Å². The second kappa shape index (κ2) is 7.78. The van der Waals surface area contributed by atoms with Crippen molar-refractivity contribution in [3.8, 4) is 11.5 Å². The van der Waals surface area contributed by atoms with Crippen LogP contribution in [-0.4, -0.2) is 31.6 Å². The topological polar surface area (TPSA) is 76.7 Å². The molecule has 0 saturated heterocycles. The molecule has 1 aromatic heterocycles. The summed E-state index contributed by atoms with van der Waals surface area (Å²) in [5.74, 6) is 0.585. The van der Waals surface area contributed by atoms with Gasteiger partial charge in [0.25, 0.3) is 11.8 Å². The number of nitrogens with one attached hydrogen (secondary N) is 2. The average molecular weight is 374 g/mol. The van der Waals surface area contributed by atoms with Gasteiger partial charge in [-0.05, 0) is 50.5 Å². The molecule has 26 heavy (non-hydrogen) atoms. The molecule has 138 valence electrons. The van der Waals surface area contributed by atoms with Gasteiger partial charge in [-0.3, -0.25) is 9.59 Å². The maximum absolute atomic E-state index is 12.4. The van der Waals surface area contributed by atoms with E-state index in [2.05, 4.69) is 10.6 Å². The summed E-state index contributed by atoms with van der Waals surface area (Å²) in [5, 5.41) is 5.72. The number of anilines is 1. The first kappa shape index (κ1) is 18.3. The monoisotopic (exact) mass is 374 g/mol. The minimum atomic E-state index is -0.172. The molecule has 1 aliphatic carbocycles. The van der Waals surface area contributed by atoms with Gasteiger partial charge < -0.3 is 20.1 Å². The van der Waals surface area contributed by atoms with Crippen molar-refractivity contribution in [1.82, 2.24) is 5.32 Å². The maximum Gasteiger partial charge on any atom is 0.265 e. The van der Waals surface area contributed by atoms with E-state index < -0.39 is 0 Å². The second-order valence-electron chi connectivity index (χ2n) is 6.30. The molecule has 0 radical (unpaired) electrons. The van der Waals surface area contributed by atoms with Crippen molar-refractivity contribution in [1.29, 1.82) is 0 Å². The number of benzene rings is 1. The second-order valence-corrected chi connectivity index (χ2v) is 7.56. The number of methoxy groups -OCH3 is 1. The Labute approximate surface area is 156 Å². The molecule has 1 aliphatic rings. The number of hydrogen-bond acceptors (Lipinski definition) is 5. The third-order valence-electron chi connectivity index (χ3n) is 4.11. The van der Waals surface area contributed by atoms with Crippen molar-refractivity contribution in [2.45, 2.75) is 32.7 Å². The van der Waals surface area contributed by atoms with Crippen LogP contribution in [-0.2, 0) is 4.79 Å². The third-order valence-corrected chi connectivity index (χ3v) is 5.26. The molecule has 1 heterocycles. The Balaban J connectivity index is 1.67. The molecule has 3 rings (SSSR count). The van der Waals surface area contributed by atoms with Gasteiger partial charge in [0.2, 0.25) is 0 Å². The van der Waals surface area contributed by atoms with E-state index in [1.165, 1.54) is 18.4 Å². The van der Waals surface area contributed by atoms with E-state index in [1.807, 2.05) is 19.9 Å². The molecule has 6 nitrogen and oxygen atoms in total. The smallest absolute Gasteiger partial charge is 0.265 e. The molecular weight excluding hydrogens is 352 g/mol. The summed E-state index contributed by atoms with van der Waals surface area (Å²) < 4.78 is 10.9. The summed E-state index contributed by atoms with van der Waals surface area (Å²) in [7, 11) is 1.53. The van der Waals surface area contributed by atoms with Crippen LogP contribution in [0.3, 0.4) is 0 Å². The minimum Gasteiger partial charge on any atom is -0.493 e. The first-order valence-corrected chi connectivity index (χ1v) is 9.26. The average Bonchev–Trinajstić information content (AvgIpc) is 3.36. The Morgan fingerprint density at radius 1 is 1.19 bits per heavy atom. The van der Waals surface area contributed by atoms with E-state index in [0.29, 0.717) is 22.1 Å². The van der Waals surface area contributed by atoms with Crippen molar-refractivity contribution < 1.29 is 19.1 Å². The molecule has 1 saturated carbocycles. The summed E-state index contributed by atoms with van der Waals surface area (Å²) in [6.45, 7) is 3.88. The van der Waals surface area contributed by atoms with E-state index >= 15 is 0 Å². The van der Waals surface area contributed by atoms with Crippen molar-refractivity contribution in [3.63, 3.8) is 0 Å². The molecule has 0 spiro atoms. The lowest BCUT2D eigenvalue weighted by atomic mass is 10.2. The Morgan fingerprint density at radius 3 is 2.58 bits per heavy atom. The Morgan fingerprint density at radius 2 is 1.96 bits per heavy atom. The Hall–Kier alpha value is -2.54. The van der Waals surface area contributed by atoms with Gasteiger partial charge in [0, 0.05) is 22.7 Å². The maximum atomic E-state index is 12.4. The summed E-state index contributed by atoms with van der Waals surface area (Å²) in [6, 6.07) is 7.26. The van der Waals surface area contributed by atoms with Gasteiger partial charge in [-0.15, -0.1) is 11.3 Å². The zero-order valence-corrected chi connectivity index (χ0v) is 15.9. The van der Waals surface area contributed by atoms with Crippen LogP contribution in [0.1, 0.15) is 33.0 Å². The molecule has 0 atom stereocenters. The Bertz CT molecular complexity index is 807. The molecule has 1 fully saturated rings. The van der Waals surface area contributed by atoms with E-state index in [0.717, 1.165) is 23.3 Å². The lowest BCUT2D eigenvalue weighted by molar-refractivity contribution is -0.123. The van der Waals surface area contributed by atoms with Crippen LogP contribution >= 0.6 is 11.3 Å². The van der Waals surface area contributed by atoms with Crippen molar-refractivity contribution in [2.75, 3.05) is 19.0 Å². The highest BCUT2D eigenvalue weighted by Gasteiger charge is 2.23. The standard InChI is InChI=1S/C19H22N2O4S/c1-11-8-17(26-12(11)2)19(23)21-14-6-7-15(24-3)16(9-14)25-10-18(22)20-13-4-5-13/h6-9,13H,4-5,10H2,1-3H3,(H,20,22)(H,21,23). The van der Waals surface area contributed by atoms with Crippen LogP contribution in [0.15, 0.2) is 24.3 Å². The number of ether oxygens (including phenoxy) is 2. The van der Waals surface area contributed by atoms with Gasteiger partial charge >= 0.3 is 0 Å². The number of amides is 2. The molecule has 2 N–H and O–H groups in total. The summed E-state index contributed by atoms with van der Waals surface area (Å²) in [4.78, 5) is 26.0. The van der Waals surface area contributed by atoms with E-state index in [-0.39, 0.29) is 24.5 Å². The summed E-state index contributed by atoms with van der Waals surface area (Å²) >= 11 is 1.46. The highest BCUT2D eigenvalue weighted by atomic mass is 32.1. The van der Waals surface area contributed by atoms with Gasteiger partial charge in [-0.2, -0.15) is 0 Å². The SMILES string of the molecule is COc1ccc(NC(=O)c2cc(C)c(C)s2)cc1OCC(=O)NC1CC1. The molecule has 2 aromatic rings. The molecule has 1 aromatic carbocycles. The van der Waals surface area contributed by atoms with Crippen LogP contribution in [0.25, 0.3) is 0 Å². The molecule has 2 amide bonds. The van der Waals surface area contributed by atoms with Crippen LogP contribution in [0.4, 0.5) is 5.69 Å². The quantitative estimate of drug-likeness (QED) is 0.780. The van der Waals surface area contributed by atoms with Crippen molar-refractivity contribution in [2.24, 2.45) is 0 Å². The number of rotatable bonds is 7. The normalized spacial score (nSPS) is 13.2. The van der Waals surface area contributed by atoms with Crippen molar-refractivity contribution in [3.05, 3.63) is 39.6 Å². The van der Waals surface area contributed by atoms with Crippen LogP contribution in [0.2, 0.25) is 0 Å². The van der Waals surface area contributed by atoms with Gasteiger partial charge in [-0.1, -0.05) is 0 Å². The van der Waals surface area contributed by atoms with Gasteiger partial charge in [0.1, 0.15) is 0 Å². The first-order valence-electron chi connectivity index (χ1n) is 8.45. The fourth-order valence-electron chi connectivity index (χ4n) is 2.39. The summed E-state index contributed by atoms with van der Waals surface area (Å²) in [6.07, 6.45) is 2.05. The van der Waals surface area contributed by atoms with Crippen LogP contribution in [0.5, 0.6) is 11.5 Å². The highest BCUT2D eigenvalue weighted by molar-refractivity contribution is 7.14. The lowest BCUT2D eigenvalue weighted by Crippen LogP contribution is -2.30. The zero-order chi connectivity index (χ0) is 18.7. The number of aryl methyl sites for hydroxylation is 2. The van der Waals surface area contributed by atoms with Crippen LogP contribution < -0.4 is 20.1 Å². The molecular formula is C19H22N2O4S. The van der Waals surface area contributed by atoms with Crippen LogP contribution in [0, 0.1) is 13.8 Å². The molecule has 7 heteroatoms. The summed E-state index contributed by atoms with van der Waals surface area (Å²) in [5.41, 5.74) is 1.68. The predicted molar refractivity (Wildman–Crippen MR) is 101 cm³/mol. The fourth-order valence-corrected chi connectivity index (χ4v) is 3.31. The predicted octanol–water partition coefficient (Wildman–Crippen LogP) is 3.28. The highest BCUT2D eigenvalue weighted by Crippen LogP contribution is 2.31.